The number of phenols is 1. The van der Waals surface area contributed by atoms with E-state index < -0.39 is 15.6 Å². The molecule has 7 nitrogen and oxygen atoms in total. The van der Waals surface area contributed by atoms with E-state index >= 15 is 0 Å². The number of piperazine rings is 1. The summed E-state index contributed by atoms with van der Waals surface area (Å²) in [7, 11) is -3.42. The molecule has 0 spiro atoms. The summed E-state index contributed by atoms with van der Waals surface area (Å²) < 4.78 is 32.3. The zero-order valence-electron chi connectivity index (χ0n) is 14.4. The predicted octanol–water partition coefficient (Wildman–Crippen LogP) is 0.650. The molecular weight excluding hydrogens is 388 g/mol. The summed E-state index contributed by atoms with van der Waals surface area (Å²) in [4.78, 5) is 13.0. The maximum atomic E-state index is 12.6. The molecular formula is C18H19N2O5S2+. The zero-order valence-corrected chi connectivity index (χ0v) is 16.1. The third kappa shape index (κ3) is 3.63. The Bertz CT molecular complexity index is 1110. The first-order valence-electron chi connectivity index (χ1n) is 8.56. The number of nitrogens with zero attached hydrogens (tertiary/aromatic N) is 1. The molecule has 1 aliphatic heterocycles. The van der Waals surface area contributed by atoms with Gasteiger partial charge in [-0.2, -0.15) is 4.31 Å². The number of hydrogen-bond donors (Lipinski definition) is 2. The normalized spacial score (nSPS) is 16.7. The lowest BCUT2D eigenvalue weighted by molar-refractivity contribution is -0.917. The molecule has 1 fully saturated rings. The standard InChI is InChI=1S/C18H18N2O5S2/c21-14-3-4-15-13(10-17(22)25-16(15)11-14)12-19-5-7-20(8-6-19)27(23,24)18-2-1-9-26-18/h1-4,9-11,21H,5-8,12H2/p+1. The quantitative estimate of drug-likeness (QED) is 0.620. The molecule has 0 saturated carbocycles. The van der Waals surface area contributed by atoms with Crippen LogP contribution in [-0.4, -0.2) is 44.0 Å². The van der Waals surface area contributed by atoms with Gasteiger partial charge in [0.1, 0.15) is 22.1 Å². The third-order valence-electron chi connectivity index (χ3n) is 4.77. The van der Waals surface area contributed by atoms with Crippen LogP contribution in [0.25, 0.3) is 11.0 Å². The Kier molecular flexibility index (Phi) is 4.77. The third-order valence-corrected chi connectivity index (χ3v) is 8.04. The molecule has 0 amide bonds. The van der Waals surface area contributed by atoms with Crippen LogP contribution in [0.15, 0.2) is 55.2 Å². The lowest BCUT2D eigenvalue weighted by Crippen LogP contribution is -3.13. The minimum atomic E-state index is -3.42. The number of thiophene rings is 1. The molecule has 1 saturated heterocycles. The summed E-state index contributed by atoms with van der Waals surface area (Å²) in [6.07, 6.45) is 0. The Hall–Kier alpha value is -2.20. The van der Waals surface area contributed by atoms with Crippen LogP contribution in [-0.2, 0) is 16.6 Å². The minimum Gasteiger partial charge on any atom is -0.508 e. The maximum Gasteiger partial charge on any atom is 0.336 e. The van der Waals surface area contributed by atoms with Gasteiger partial charge < -0.3 is 14.4 Å². The molecule has 0 bridgehead atoms. The van der Waals surface area contributed by atoms with Crippen molar-refractivity contribution in [2.24, 2.45) is 0 Å². The highest BCUT2D eigenvalue weighted by Gasteiger charge is 2.31. The van der Waals surface area contributed by atoms with Crippen molar-refractivity contribution in [1.82, 2.24) is 4.31 Å². The molecule has 2 aromatic heterocycles. The van der Waals surface area contributed by atoms with Gasteiger partial charge in [0.2, 0.25) is 0 Å². The molecule has 9 heteroatoms. The van der Waals surface area contributed by atoms with Crippen molar-refractivity contribution in [3.05, 3.63) is 57.8 Å². The van der Waals surface area contributed by atoms with E-state index in [1.807, 2.05) is 0 Å². The fraction of sp³-hybridized carbons (Fsp3) is 0.278. The first-order chi connectivity index (χ1) is 12.9. The molecule has 3 heterocycles. The molecule has 0 unspecified atom stereocenters. The number of hydrogen-bond acceptors (Lipinski definition) is 6. The molecule has 27 heavy (non-hydrogen) atoms. The molecule has 0 atom stereocenters. The SMILES string of the molecule is O=c1cc(C[NH+]2CCN(S(=O)(=O)c3cccs3)CC2)c2ccc(O)cc2o1. The van der Waals surface area contributed by atoms with Crippen molar-refractivity contribution in [2.75, 3.05) is 26.2 Å². The van der Waals surface area contributed by atoms with E-state index in [-0.39, 0.29) is 5.75 Å². The maximum absolute atomic E-state index is 12.6. The highest BCUT2D eigenvalue weighted by molar-refractivity contribution is 7.91. The van der Waals surface area contributed by atoms with Gasteiger partial charge in [0.05, 0.1) is 26.2 Å². The lowest BCUT2D eigenvalue weighted by Gasteiger charge is -2.31. The van der Waals surface area contributed by atoms with Gasteiger partial charge >= 0.3 is 5.63 Å². The number of phenolic OH excluding ortho intramolecular Hbond substituents is 1. The average molecular weight is 407 g/mol. The molecule has 4 rings (SSSR count). The second kappa shape index (κ2) is 7.08. The van der Waals surface area contributed by atoms with Crippen LogP contribution in [0.4, 0.5) is 0 Å². The predicted molar refractivity (Wildman–Crippen MR) is 102 cm³/mol. The number of sulfonamides is 1. The van der Waals surface area contributed by atoms with Crippen molar-refractivity contribution in [3.63, 3.8) is 0 Å². The summed E-state index contributed by atoms with van der Waals surface area (Å²) in [6, 6.07) is 9.57. The monoisotopic (exact) mass is 407 g/mol. The fourth-order valence-corrected chi connectivity index (χ4v) is 5.98. The Morgan fingerprint density at radius 3 is 2.67 bits per heavy atom. The number of benzene rings is 1. The summed E-state index contributed by atoms with van der Waals surface area (Å²) in [5.74, 6) is 0.0440. The Balaban J connectivity index is 1.50. The van der Waals surface area contributed by atoms with Gasteiger partial charge in [-0.05, 0) is 23.6 Å². The van der Waals surface area contributed by atoms with Gasteiger partial charge in [0.15, 0.2) is 0 Å². The van der Waals surface area contributed by atoms with Crippen LogP contribution >= 0.6 is 11.3 Å². The summed E-state index contributed by atoms with van der Waals surface area (Å²) in [5.41, 5.74) is 0.739. The van der Waals surface area contributed by atoms with Gasteiger partial charge in [0, 0.05) is 23.1 Å². The molecule has 0 aliphatic carbocycles. The molecule has 142 valence electrons. The Morgan fingerprint density at radius 1 is 1.19 bits per heavy atom. The number of quaternary nitrogens is 1. The number of aromatic hydroxyl groups is 1. The molecule has 2 N–H and O–H groups in total. The highest BCUT2D eigenvalue weighted by atomic mass is 32.2. The van der Waals surface area contributed by atoms with E-state index in [2.05, 4.69) is 0 Å². The fourth-order valence-electron chi connectivity index (χ4n) is 3.39. The summed E-state index contributed by atoms with van der Waals surface area (Å²) >= 11 is 1.23. The van der Waals surface area contributed by atoms with Gasteiger partial charge in [0.25, 0.3) is 10.0 Å². The molecule has 1 aliphatic rings. The van der Waals surface area contributed by atoms with E-state index in [0.29, 0.717) is 42.5 Å². The zero-order chi connectivity index (χ0) is 19.0. The topological polar surface area (TPSA) is 92.3 Å². The molecule has 3 aromatic rings. The van der Waals surface area contributed by atoms with Crippen LogP contribution in [0.1, 0.15) is 5.56 Å². The van der Waals surface area contributed by atoms with Gasteiger partial charge in [-0.15, -0.1) is 11.3 Å². The minimum absolute atomic E-state index is 0.0440. The van der Waals surface area contributed by atoms with Crippen LogP contribution in [0.2, 0.25) is 0 Å². The van der Waals surface area contributed by atoms with E-state index in [1.165, 1.54) is 32.7 Å². The molecule has 1 aromatic carbocycles. The van der Waals surface area contributed by atoms with Crippen molar-refractivity contribution in [3.8, 4) is 5.75 Å². The number of rotatable bonds is 4. The van der Waals surface area contributed by atoms with Crippen LogP contribution in [0, 0.1) is 0 Å². The second-order valence-corrected chi connectivity index (χ2v) is 9.65. The largest absolute Gasteiger partial charge is 0.508 e. The smallest absolute Gasteiger partial charge is 0.336 e. The second-order valence-electron chi connectivity index (χ2n) is 6.53. The van der Waals surface area contributed by atoms with E-state index in [1.54, 1.807) is 29.6 Å². The van der Waals surface area contributed by atoms with Crippen molar-refractivity contribution in [2.45, 2.75) is 10.8 Å². The lowest BCUT2D eigenvalue weighted by atomic mass is 10.1. The van der Waals surface area contributed by atoms with Gasteiger partial charge in [-0.25, -0.2) is 13.2 Å². The first kappa shape index (κ1) is 18.2. The Labute approximate surface area is 160 Å². The number of nitrogens with one attached hydrogen (secondary N) is 1. The van der Waals surface area contributed by atoms with Gasteiger partial charge in [-0.3, -0.25) is 0 Å². The molecule has 0 radical (unpaired) electrons. The van der Waals surface area contributed by atoms with Crippen molar-refractivity contribution < 1.29 is 22.8 Å². The van der Waals surface area contributed by atoms with Crippen LogP contribution in [0.3, 0.4) is 0 Å². The van der Waals surface area contributed by atoms with E-state index in [0.717, 1.165) is 10.9 Å². The van der Waals surface area contributed by atoms with E-state index in [9.17, 15) is 18.3 Å². The van der Waals surface area contributed by atoms with Crippen molar-refractivity contribution >= 4 is 32.3 Å². The average Bonchev–Trinajstić information content (AvgIpc) is 3.17. The number of fused-ring (bicyclic) bond motifs is 1. The van der Waals surface area contributed by atoms with Crippen molar-refractivity contribution in [1.29, 1.82) is 0 Å². The van der Waals surface area contributed by atoms with E-state index in [4.69, 9.17) is 4.42 Å². The summed E-state index contributed by atoms with van der Waals surface area (Å²) in [5, 5.41) is 12.1. The summed E-state index contributed by atoms with van der Waals surface area (Å²) in [6.45, 7) is 2.79. The van der Waals surface area contributed by atoms with Crippen LogP contribution in [0.5, 0.6) is 5.75 Å². The van der Waals surface area contributed by atoms with Gasteiger partial charge in [-0.1, -0.05) is 6.07 Å². The first-order valence-corrected chi connectivity index (χ1v) is 10.9. The Morgan fingerprint density at radius 2 is 1.96 bits per heavy atom. The van der Waals surface area contributed by atoms with Crippen LogP contribution < -0.4 is 10.5 Å². The highest BCUT2D eigenvalue weighted by Crippen LogP contribution is 2.22.